The lowest BCUT2D eigenvalue weighted by Gasteiger charge is -2.44. The Balaban J connectivity index is 1.78. The van der Waals surface area contributed by atoms with Crippen LogP contribution in [0.3, 0.4) is 0 Å². The third-order valence-electron chi connectivity index (χ3n) is 4.52. The summed E-state index contributed by atoms with van der Waals surface area (Å²) < 4.78 is 5.96. The van der Waals surface area contributed by atoms with Crippen LogP contribution in [0.2, 0.25) is 0 Å². The van der Waals surface area contributed by atoms with Gasteiger partial charge in [0.15, 0.2) is 5.65 Å². The topological polar surface area (TPSA) is 79.0 Å². The van der Waals surface area contributed by atoms with Crippen LogP contribution >= 0.6 is 0 Å². The molecule has 2 N–H and O–H groups in total. The van der Waals surface area contributed by atoms with Gasteiger partial charge in [-0.2, -0.15) is 15.1 Å². The third-order valence-corrected chi connectivity index (χ3v) is 4.52. The number of rotatable bonds is 2. The van der Waals surface area contributed by atoms with Crippen molar-refractivity contribution in [3.63, 3.8) is 0 Å². The second kappa shape index (κ2) is 5.14. The van der Waals surface area contributed by atoms with Gasteiger partial charge < -0.3 is 15.0 Å². The Morgan fingerprint density at radius 2 is 2.24 bits per heavy atom. The van der Waals surface area contributed by atoms with Crippen LogP contribution < -0.4 is 10.2 Å². The zero-order chi connectivity index (χ0) is 14.2. The molecule has 2 atom stereocenters. The minimum atomic E-state index is 0.336. The van der Waals surface area contributed by atoms with Gasteiger partial charge in [0, 0.05) is 13.6 Å². The summed E-state index contributed by atoms with van der Waals surface area (Å²) in [6, 6.07) is 0.421. The average Bonchev–Trinajstić information content (AvgIpc) is 3.02. The molecule has 7 nitrogen and oxygen atoms in total. The highest BCUT2D eigenvalue weighted by Gasteiger charge is 2.35. The summed E-state index contributed by atoms with van der Waals surface area (Å²) in [7, 11) is 1.84. The van der Waals surface area contributed by atoms with Gasteiger partial charge in [-0.25, -0.2) is 0 Å². The first kappa shape index (κ1) is 12.8. The van der Waals surface area contributed by atoms with E-state index >= 15 is 0 Å². The maximum atomic E-state index is 5.96. The molecule has 1 aliphatic carbocycles. The molecular weight excluding hydrogens is 268 g/mol. The minimum absolute atomic E-state index is 0.336. The molecule has 1 saturated carbocycles. The summed E-state index contributed by atoms with van der Waals surface area (Å²) in [5, 5.41) is 11.1. The molecular formula is C14H20N6O. The molecule has 0 bridgehead atoms. The van der Waals surface area contributed by atoms with Crippen LogP contribution in [0.25, 0.3) is 11.0 Å². The predicted molar refractivity (Wildman–Crippen MR) is 80.6 cm³/mol. The molecule has 0 aromatic carbocycles. The standard InChI is InChI=1S/C14H20N6O/c1-15-14-17-12-9(8-16-19-12)13(18-14)20-6-7-21-11-5-3-2-4-10(11)20/h8,10-11H,2-7H2,1H3,(H2,15,16,17,18,19). The minimum Gasteiger partial charge on any atom is -0.374 e. The first-order valence-corrected chi connectivity index (χ1v) is 7.64. The molecule has 2 fully saturated rings. The molecule has 21 heavy (non-hydrogen) atoms. The van der Waals surface area contributed by atoms with Crippen molar-refractivity contribution < 1.29 is 4.74 Å². The van der Waals surface area contributed by atoms with Gasteiger partial charge in [0.05, 0.1) is 30.3 Å². The Morgan fingerprint density at radius 3 is 3.14 bits per heavy atom. The van der Waals surface area contributed by atoms with Crippen LogP contribution in [0, 0.1) is 0 Å². The van der Waals surface area contributed by atoms with Crippen molar-refractivity contribution in [2.24, 2.45) is 0 Å². The highest BCUT2D eigenvalue weighted by Crippen LogP contribution is 2.34. The van der Waals surface area contributed by atoms with Crippen LogP contribution in [-0.4, -0.2) is 52.5 Å². The Hall–Kier alpha value is -1.89. The number of nitrogens with zero attached hydrogens (tertiary/aromatic N) is 4. The van der Waals surface area contributed by atoms with Gasteiger partial charge in [-0.1, -0.05) is 12.8 Å². The molecule has 2 aromatic heterocycles. The SMILES string of the molecule is CNc1nc(N2CCOC3CCCCC32)c2cn[nH]c2n1. The van der Waals surface area contributed by atoms with E-state index in [0.717, 1.165) is 36.4 Å². The van der Waals surface area contributed by atoms with Crippen molar-refractivity contribution in [2.45, 2.75) is 37.8 Å². The molecule has 2 aliphatic rings. The van der Waals surface area contributed by atoms with E-state index in [4.69, 9.17) is 9.72 Å². The lowest BCUT2D eigenvalue weighted by Crippen LogP contribution is -2.53. The summed E-state index contributed by atoms with van der Waals surface area (Å²) in [5.74, 6) is 1.60. The van der Waals surface area contributed by atoms with Crippen molar-refractivity contribution >= 4 is 22.8 Å². The summed E-state index contributed by atoms with van der Waals surface area (Å²) in [4.78, 5) is 11.5. The van der Waals surface area contributed by atoms with E-state index in [9.17, 15) is 0 Å². The molecule has 1 saturated heterocycles. The van der Waals surface area contributed by atoms with Crippen LogP contribution in [-0.2, 0) is 4.74 Å². The maximum Gasteiger partial charge on any atom is 0.226 e. The first-order chi connectivity index (χ1) is 10.4. The van der Waals surface area contributed by atoms with Crippen molar-refractivity contribution in [1.29, 1.82) is 0 Å². The van der Waals surface area contributed by atoms with Gasteiger partial charge in [0.2, 0.25) is 5.95 Å². The Labute approximate surface area is 123 Å². The second-order valence-corrected chi connectivity index (χ2v) is 5.71. The number of aromatic nitrogens is 4. The molecule has 4 rings (SSSR count). The van der Waals surface area contributed by atoms with Crippen molar-refractivity contribution in [3.8, 4) is 0 Å². The van der Waals surface area contributed by atoms with E-state index in [-0.39, 0.29) is 0 Å². The van der Waals surface area contributed by atoms with E-state index in [1.54, 1.807) is 0 Å². The van der Waals surface area contributed by atoms with Gasteiger partial charge in [-0.15, -0.1) is 0 Å². The van der Waals surface area contributed by atoms with E-state index in [2.05, 4.69) is 25.4 Å². The quantitative estimate of drug-likeness (QED) is 0.872. The molecule has 7 heteroatoms. The molecule has 2 unspecified atom stereocenters. The first-order valence-electron chi connectivity index (χ1n) is 7.64. The zero-order valence-corrected chi connectivity index (χ0v) is 12.2. The number of hydrogen-bond acceptors (Lipinski definition) is 6. The van der Waals surface area contributed by atoms with E-state index < -0.39 is 0 Å². The highest BCUT2D eigenvalue weighted by atomic mass is 16.5. The van der Waals surface area contributed by atoms with Gasteiger partial charge in [-0.05, 0) is 12.8 Å². The van der Waals surface area contributed by atoms with E-state index in [1.165, 1.54) is 19.3 Å². The number of anilines is 2. The number of ether oxygens (including phenoxy) is 1. The van der Waals surface area contributed by atoms with Crippen LogP contribution in [0.1, 0.15) is 25.7 Å². The van der Waals surface area contributed by atoms with Gasteiger partial charge in [0.25, 0.3) is 0 Å². The Kier molecular flexibility index (Phi) is 3.14. The maximum absolute atomic E-state index is 5.96. The Morgan fingerprint density at radius 1 is 1.33 bits per heavy atom. The molecule has 3 heterocycles. The molecule has 0 radical (unpaired) electrons. The monoisotopic (exact) mass is 288 g/mol. The number of nitrogens with one attached hydrogen (secondary N) is 2. The molecule has 1 aliphatic heterocycles. The summed E-state index contributed by atoms with van der Waals surface area (Å²) in [5.41, 5.74) is 0.781. The number of fused-ring (bicyclic) bond motifs is 2. The van der Waals surface area contributed by atoms with Crippen LogP contribution in [0.5, 0.6) is 0 Å². The van der Waals surface area contributed by atoms with Crippen molar-refractivity contribution in [1.82, 2.24) is 20.2 Å². The fourth-order valence-electron chi connectivity index (χ4n) is 3.51. The Bertz CT molecular complexity index is 639. The molecule has 2 aromatic rings. The number of morpholine rings is 1. The van der Waals surface area contributed by atoms with E-state index in [1.807, 2.05) is 13.2 Å². The number of aromatic amines is 1. The average molecular weight is 288 g/mol. The fourth-order valence-corrected chi connectivity index (χ4v) is 3.51. The van der Waals surface area contributed by atoms with Crippen molar-refractivity contribution in [2.75, 3.05) is 30.4 Å². The van der Waals surface area contributed by atoms with Crippen LogP contribution in [0.15, 0.2) is 6.20 Å². The number of H-pyrrole nitrogens is 1. The van der Waals surface area contributed by atoms with Gasteiger partial charge in [-0.3, -0.25) is 5.10 Å². The van der Waals surface area contributed by atoms with Crippen LogP contribution in [0.4, 0.5) is 11.8 Å². The lowest BCUT2D eigenvalue weighted by atomic mass is 9.90. The fraction of sp³-hybridized carbons (Fsp3) is 0.643. The highest BCUT2D eigenvalue weighted by molar-refractivity contribution is 5.87. The van der Waals surface area contributed by atoms with Crippen molar-refractivity contribution in [3.05, 3.63) is 6.20 Å². The third kappa shape index (κ3) is 2.12. The lowest BCUT2D eigenvalue weighted by molar-refractivity contribution is -0.00886. The largest absolute Gasteiger partial charge is 0.374 e. The smallest absolute Gasteiger partial charge is 0.226 e. The molecule has 0 amide bonds. The number of hydrogen-bond donors (Lipinski definition) is 2. The zero-order valence-electron chi connectivity index (χ0n) is 12.2. The summed E-state index contributed by atoms with van der Waals surface area (Å²) in [6.45, 7) is 1.64. The predicted octanol–water partition coefficient (Wildman–Crippen LogP) is 1.54. The molecule has 112 valence electrons. The molecule has 0 spiro atoms. The normalized spacial score (nSPS) is 25.9. The summed E-state index contributed by atoms with van der Waals surface area (Å²) >= 11 is 0. The van der Waals surface area contributed by atoms with Gasteiger partial charge >= 0.3 is 0 Å². The second-order valence-electron chi connectivity index (χ2n) is 5.71. The summed E-state index contributed by atoms with van der Waals surface area (Å²) in [6.07, 6.45) is 7.00. The van der Waals surface area contributed by atoms with Gasteiger partial charge in [0.1, 0.15) is 5.82 Å². The van der Waals surface area contributed by atoms with E-state index in [0.29, 0.717) is 18.1 Å².